The summed E-state index contributed by atoms with van der Waals surface area (Å²) in [5.74, 6) is 0.228. The first-order chi connectivity index (χ1) is 9.40. The van der Waals surface area contributed by atoms with Gasteiger partial charge in [0.1, 0.15) is 0 Å². The van der Waals surface area contributed by atoms with Gasteiger partial charge in [-0.2, -0.15) is 0 Å². The van der Waals surface area contributed by atoms with Gasteiger partial charge in [0.05, 0.1) is 11.0 Å². The number of rotatable bonds is 7. The number of nitro benzene ring substituents is 1. The van der Waals surface area contributed by atoms with Gasteiger partial charge in [0.25, 0.3) is 5.69 Å². The van der Waals surface area contributed by atoms with Gasteiger partial charge in [-0.25, -0.2) is 0 Å². The number of amides is 1. The minimum absolute atomic E-state index is 0.0664. The maximum absolute atomic E-state index is 11.7. The zero-order chi connectivity index (χ0) is 15.1. The fourth-order valence-corrected chi connectivity index (χ4v) is 1.86. The number of nitrogens with zero attached hydrogens (tertiary/aromatic N) is 1. The summed E-state index contributed by atoms with van der Waals surface area (Å²) in [6.07, 6.45) is 1.28. The molecule has 0 heterocycles. The van der Waals surface area contributed by atoms with Crippen LogP contribution in [-0.2, 0) is 11.2 Å². The molecule has 0 fully saturated rings. The lowest BCUT2D eigenvalue weighted by molar-refractivity contribution is -0.384. The molecule has 20 heavy (non-hydrogen) atoms. The molecule has 0 aliphatic heterocycles. The number of hydrogen-bond donors (Lipinski definition) is 2. The Morgan fingerprint density at radius 1 is 1.35 bits per heavy atom. The summed E-state index contributed by atoms with van der Waals surface area (Å²) in [4.78, 5) is 21.8. The average Bonchev–Trinajstić information content (AvgIpc) is 2.38. The fourth-order valence-electron chi connectivity index (χ4n) is 1.86. The molecule has 6 nitrogen and oxygen atoms in total. The van der Waals surface area contributed by atoms with Crippen LogP contribution in [0.5, 0.6) is 0 Å². The molecule has 0 spiro atoms. The average molecular weight is 279 g/mol. The minimum Gasteiger partial charge on any atom is -0.354 e. The molecular formula is C14H21N3O3. The molecule has 3 N–H and O–H groups in total. The van der Waals surface area contributed by atoms with Crippen LogP contribution >= 0.6 is 0 Å². The monoisotopic (exact) mass is 279 g/mol. The second kappa shape index (κ2) is 7.59. The van der Waals surface area contributed by atoms with Gasteiger partial charge >= 0.3 is 0 Å². The van der Waals surface area contributed by atoms with Crippen LogP contribution in [0.25, 0.3) is 0 Å². The molecule has 1 rings (SSSR count). The van der Waals surface area contributed by atoms with Crippen molar-refractivity contribution >= 4 is 11.6 Å². The van der Waals surface area contributed by atoms with Gasteiger partial charge in [-0.15, -0.1) is 0 Å². The van der Waals surface area contributed by atoms with Crippen LogP contribution in [0.4, 0.5) is 5.69 Å². The maximum Gasteiger partial charge on any atom is 0.269 e. The van der Waals surface area contributed by atoms with E-state index < -0.39 is 11.0 Å². The first-order valence-corrected chi connectivity index (χ1v) is 6.66. The van der Waals surface area contributed by atoms with Crippen molar-refractivity contribution in [3.63, 3.8) is 0 Å². The first kappa shape index (κ1) is 16.1. The molecule has 0 aliphatic carbocycles. The third kappa shape index (κ3) is 5.36. The molecule has 1 atom stereocenters. The second-order valence-corrected chi connectivity index (χ2v) is 5.20. The quantitative estimate of drug-likeness (QED) is 0.585. The number of carbonyl (C=O) groups is 1. The standard InChI is InChI=1S/C14H21N3O3/c1-10(2)9-13(15)14(18)16-8-7-11-3-5-12(6-4-11)17(19)20/h3-6,10,13H,7-9,15H2,1-2H3,(H,16,18). The van der Waals surface area contributed by atoms with Crippen LogP contribution in [0, 0.1) is 16.0 Å². The molecule has 0 bridgehead atoms. The molecule has 0 aromatic heterocycles. The van der Waals surface area contributed by atoms with Gasteiger partial charge in [-0.3, -0.25) is 14.9 Å². The number of carbonyl (C=O) groups excluding carboxylic acids is 1. The summed E-state index contributed by atoms with van der Waals surface area (Å²) in [5.41, 5.74) is 6.77. The lowest BCUT2D eigenvalue weighted by Gasteiger charge is -2.14. The molecule has 0 radical (unpaired) electrons. The summed E-state index contributed by atoms with van der Waals surface area (Å²) in [6.45, 7) is 4.51. The van der Waals surface area contributed by atoms with Crippen molar-refractivity contribution in [1.82, 2.24) is 5.32 Å². The van der Waals surface area contributed by atoms with Crippen LogP contribution in [-0.4, -0.2) is 23.4 Å². The van der Waals surface area contributed by atoms with Gasteiger partial charge < -0.3 is 11.1 Å². The Bertz CT molecular complexity index is 457. The molecule has 0 saturated carbocycles. The molecule has 1 aromatic carbocycles. The Balaban J connectivity index is 2.37. The number of nitrogens with one attached hydrogen (secondary N) is 1. The summed E-state index contributed by atoms with van der Waals surface area (Å²) in [5, 5.41) is 13.3. The highest BCUT2D eigenvalue weighted by atomic mass is 16.6. The zero-order valence-corrected chi connectivity index (χ0v) is 11.8. The van der Waals surface area contributed by atoms with Gasteiger partial charge in [0.15, 0.2) is 0 Å². The zero-order valence-electron chi connectivity index (χ0n) is 11.8. The van der Waals surface area contributed by atoms with Crippen molar-refractivity contribution in [1.29, 1.82) is 0 Å². The minimum atomic E-state index is -0.480. The van der Waals surface area contributed by atoms with Crippen molar-refractivity contribution in [3.8, 4) is 0 Å². The predicted octanol–water partition coefficient (Wildman–Crippen LogP) is 1.63. The Hall–Kier alpha value is -1.95. The Morgan fingerprint density at radius 3 is 2.45 bits per heavy atom. The van der Waals surface area contributed by atoms with Crippen molar-refractivity contribution in [2.24, 2.45) is 11.7 Å². The maximum atomic E-state index is 11.7. The summed E-state index contributed by atoms with van der Waals surface area (Å²) in [6, 6.07) is 5.83. The van der Waals surface area contributed by atoms with E-state index in [0.29, 0.717) is 25.3 Å². The first-order valence-electron chi connectivity index (χ1n) is 6.66. The van der Waals surface area contributed by atoms with E-state index in [1.54, 1.807) is 12.1 Å². The molecule has 1 unspecified atom stereocenters. The molecule has 1 amide bonds. The van der Waals surface area contributed by atoms with E-state index >= 15 is 0 Å². The Morgan fingerprint density at radius 2 is 1.95 bits per heavy atom. The largest absolute Gasteiger partial charge is 0.354 e. The van der Waals surface area contributed by atoms with E-state index in [1.807, 2.05) is 13.8 Å². The molecule has 0 aliphatic rings. The fraction of sp³-hybridized carbons (Fsp3) is 0.500. The van der Waals surface area contributed by atoms with Crippen molar-refractivity contribution in [2.45, 2.75) is 32.7 Å². The van der Waals surface area contributed by atoms with E-state index in [4.69, 9.17) is 5.73 Å². The van der Waals surface area contributed by atoms with Crippen molar-refractivity contribution in [2.75, 3.05) is 6.54 Å². The van der Waals surface area contributed by atoms with Gasteiger partial charge in [0.2, 0.25) is 5.91 Å². The number of nitro groups is 1. The number of non-ortho nitro benzene ring substituents is 1. The summed E-state index contributed by atoms with van der Waals surface area (Å²) in [7, 11) is 0. The lowest BCUT2D eigenvalue weighted by atomic mass is 10.0. The normalized spacial score (nSPS) is 12.2. The highest BCUT2D eigenvalue weighted by molar-refractivity contribution is 5.81. The van der Waals surface area contributed by atoms with Gasteiger partial charge in [-0.05, 0) is 24.3 Å². The van der Waals surface area contributed by atoms with Crippen LogP contribution in [0.1, 0.15) is 25.8 Å². The SMILES string of the molecule is CC(C)CC(N)C(=O)NCCc1ccc([N+](=O)[O-])cc1. The third-order valence-electron chi connectivity index (χ3n) is 2.92. The van der Waals surface area contributed by atoms with Gasteiger partial charge in [0, 0.05) is 18.7 Å². The van der Waals surface area contributed by atoms with E-state index in [2.05, 4.69) is 5.32 Å². The Kier molecular flexibility index (Phi) is 6.11. The number of benzene rings is 1. The Labute approximate surface area is 118 Å². The second-order valence-electron chi connectivity index (χ2n) is 5.20. The van der Waals surface area contributed by atoms with E-state index in [1.165, 1.54) is 12.1 Å². The van der Waals surface area contributed by atoms with E-state index in [9.17, 15) is 14.9 Å². The van der Waals surface area contributed by atoms with Crippen molar-refractivity contribution in [3.05, 3.63) is 39.9 Å². The predicted molar refractivity (Wildman–Crippen MR) is 77.2 cm³/mol. The van der Waals surface area contributed by atoms with E-state index in [-0.39, 0.29) is 11.6 Å². The smallest absolute Gasteiger partial charge is 0.269 e. The topological polar surface area (TPSA) is 98.3 Å². The summed E-state index contributed by atoms with van der Waals surface area (Å²) < 4.78 is 0. The van der Waals surface area contributed by atoms with Crippen LogP contribution in [0.2, 0.25) is 0 Å². The van der Waals surface area contributed by atoms with Gasteiger partial charge in [-0.1, -0.05) is 26.0 Å². The molecule has 6 heteroatoms. The van der Waals surface area contributed by atoms with Crippen molar-refractivity contribution < 1.29 is 9.72 Å². The van der Waals surface area contributed by atoms with Crippen LogP contribution in [0.3, 0.4) is 0 Å². The number of hydrogen-bond acceptors (Lipinski definition) is 4. The highest BCUT2D eigenvalue weighted by Gasteiger charge is 2.14. The molecule has 1 aromatic rings. The highest BCUT2D eigenvalue weighted by Crippen LogP contribution is 2.12. The summed E-state index contributed by atoms with van der Waals surface area (Å²) >= 11 is 0. The van der Waals surface area contributed by atoms with Crippen LogP contribution in [0.15, 0.2) is 24.3 Å². The van der Waals surface area contributed by atoms with Crippen LogP contribution < -0.4 is 11.1 Å². The number of nitrogens with two attached hydrogens (primary N) is 1. The van der Waals surface area contributed by atoms with E-state index in [0.717, 1.165) is 5.56 Å². The lowest BCUT2D eigenvalue weighted by Crippen LogP contribution is -2.42. The molecular weight excluding hydrogens is 258 g/mol. The third-order valence-corrected chi connectivity index (χ3v) is 2.92. The molecule has 110 valence electrons. The molecule has 0 saturated heterocycles.